The third-order valence-corrected chi connectivity index (χ3v) is 6.26. The van der Waals surface area contributed by atoms with E-state index in [0.29, 0.717) is 0 Å². The number of aliphatic hydroxyl groups is 3. The number of carboxylic acids is 3. The van der Waals surface area contributed by atoms with Crippen LogP contribution in [0, 0.1) is 5.92 Å². The van der Waals surface area contributed by atoms with Crippen LogP contribution < -0.4 is 32.3 Å². The lowest BCUT2D eigenvalue weighted by Gasteiger charge is -2.27. The van der Waals surface area contributed by atoms with Crippen molar-refractivity contribution < 1.29 is 69.0 Å². The molecule has 256 valence electrons. The first-order valence-corrected chi connectivity index (χ1v) is 13.7. The average Bonchev–Trinajstić information content (AvgIpc) is 2.95. The van der Waals surface area contributed by atoms with Gasteiger partial charge in [-0.1, -0.05) is 13.8 Å². The number of nitrogens with two attached hydrogens (primary N) is 1. The number of rotatable bonds is 21. The molecule has 5 amide bonds. The molecular weight excluding hydrogens is 608 g/mol. The second-order valence-corrected chi connectivity index (χ2v) is 10.3. The van der Waals surface area contributed by atoms with Crippen LogP contribution in [0.5, 0.6) is 0 Å². The van der Waals surface area contributed by atoms with E-state index in [2.05, 4.69) is 21.3 Å². The molecule has 0 aliphatic heterocycles. The van der Waals surface area contributed by atoms with Crippen LogP contribution >= 0.6 is 0 Å². The summed E-state index contributed by atoms with van der Waals surface area (Å²) in [6.45, 7) is 2.32. The molecule has 20 heteroatoms. The smallest absolute Gasteiger partial charge is 0.328 e. The number of carbonyl (C=O) groups excluding carboxylic acids is 5. The Morgan fingerprint density at radius 1 is 0.578 bits per heavy atom. The lowest BCUT2D eigenvalue weighted by Crippen LogP contribution is -2.61. The Morgan fingerprint density at radius 2 is 0.956 bits per heavy atom. The number of carbonyl (C=O) groups is 8. The predicted octanol–water partition coefficient (Wildman–Crippen LogP) is -5.43. The summed E-state index contributed by atoms with van der Waals surface area (Å²) in [5.74, 6) is -10.3. The van der Waals surface area contributed by atoms with Gasteiger partial charge in [0.1, 0.15) is 30.2 Å². The van der Waals surface area contributed by atoms with Gasteiger partial charge in [0, 0.05) is 12.8 Å². The molecule has 45 heavy (non-hydrogen) atoms. The molecule has 0 fully saturated rings. The van der Waals surface area contributed by atoms with Crippen LogP contribution in [0.25, 0.3) is 0 Å². The van der Waals surface area contributed by atoms with Gasteiger partial charge in [-0.25, -0.2) is 4.79 Å². The Bertz CT molecular complexity index is 1080. The maximum absolute atomic E-state index is 13.1. The van der Waals surface area contributed by atoms with Crippen molar-refractivity contribution in [3.05, 3.63) is 0 Å². The van der Waals surface area contributed by atoms with Crippen molar-refractivity contribution in [3.63, 3.8) is 0 Å². The van der Waals surface area contributed by atoms with E-state index >= 15 is 0 Å². The summed E-state index contributed by atoms with van der Waals surface area (Å²) in [4.78, 5) is 97.2. The monoisotopic (exact) mass is 650 g/mol. The first-order chi connectivity index (χ1) is 20.9. The Hall–Kier alpha value is -4.40. The van der Waals surface area contributed by atoms with E-state index in [1.165, 1.54) is 0 Å². The predicted molar refractivity (Wildman–Crippen MR) is 150 cm³/mol. The van der Waals surface area contributed by atoms with Crippen molar-refractivity contribution in [3.8, 4) is 0 Å². The summed E-state index contributed by atoms with van der Waals surface area (Å²) in [7, 11) is 0. The van der Waals surface area contributed by atoms with Gasteiger partial charge >= 0.3 is 17.9 Å². The Kier molecular flexibility index (Phi) is 17.9. The summed E-state index contributed by atoms with van der Waals surface area (Å²) in [5.41, 5.74) is 5.73. The van der Waals surface area contributed by atoms with E-state index in [9.17, 15) is 48.6 Å². The normalized spacial score (nSPS) is 15.6. The van der Waals surface area contributed by atoms with Crippen LogP contribution in [0.1, 0.15) is 46.5 Å². The zero-order valence-electron chi connectivity index (χ0n) is 24.9. The van der Waals surface area contributed by atoms with E-state index in [4.69, 9.17) is 26.2 Å². The van der Waals surface area contributed by atoms with Gasteiger partial charge in [0.15, 0.2) is 0 Å². The maximum atomic E-state index is 13.1. The molecule has 0 aromatic rings. The van der Waals surface area contributed by atoms with Crippen molar-refractivity contribution in [2.75, 3.05) is 13.2 Å². The van der Waals surface area contributed by atoms with Crippen LogP contribution in [0.2, 0.25) is 0 Å². The fraction of sp³-hybridized carbons (Fsp3) is 0.680. The lowest BCUT2D eigenvalue weighted by atomic mass is 10.0. The van der Waals surface area contributed by atoms with Gasteiger partial charge in [0.2, 0.25) is 29.5 Å². The van der Waals surface area contributed by atoms with Gasteiger partial charge in [0.05, 0.1) is 25.4 Å². The molecule has 0 rings (SSSR count). The first kappa shape index (κ1) is 40.6. The molecule has 0 aliphatic rings. The molecule has 0 aliphatic carbocycles. The molecule has 13 N–H and O–H groups in total. The molecule has 0 heterocycles. The van der Waals surface area contributed by atoms with Crippen LogP contribution in [-0.4, -0.2) is 134 Å². The molecule has 0 radical (unpaired) electrons. The van der Waals surface area contributed by atoms with Crippen LogP contribution in [0.15, 0.2) is 0 Å². The minimum absolute atomic E-state index is 0.340. The van der Waals surface area contributed by atoms with Gasteiger partial charge in [0.25, 0.3) is 0 Å². The summed E-state index contributed by atoms with van der Waals surface area (Å²) >= 11 is 0. The van der Waals surface area contributed by atoms with E-state index in [1.54, 1.807) is 13.8 Å². The van der Waals surface area contributed by atoms with Crippen LogP contribution in [0.4, 0.5) is 0 Å². The second kappa shape index (κ2) is 19.8. The van der Waals surface area contributed by atoms with Gasteiger partial charge in [-0.05, 0) is 25.7 Å². The zero-order chi connectivity index (χ0) is 35.0. The third-order valence-electron chi connectivity index (χ3n) is 6.26. The molecule has 0 aromatic heterocycles. The highest BCUT2D eigenvalue weighted by Gasteiger charge is 2.34. The van der Waals surface area contributed by atoms with Crippen molar-refractivity contribution in [2.45, 2.75) is 88.8 Å². The molecule has 0 saturated carbocycles. The highest BCUT2D eigenvalue weighted by Crippen LogP contribution is 2.06. The Morgan fingerprint density at radius 3 is 1.33 bits per heavy atom. The largest absolute Gasteiger partial charge is 0.481 e. The number of aliphatic hydroxyl groups excluding tert-OH is 3. The molecule has 0 aromatic carbocycles. The highest BCUT2D eigenvalue weighted by atomic mass is 16.4. The van der Waals surface area contributed by atoms with Gasteiger partial charge in [-0.15, -0.1) is 0 Å². The van der Waals surface area contributed by atoms with E-state index in [1.807, 2.05) is 5.32 Å². The molecular formula is C25H42N6O14. The average molecular weight is 651 g/mol. The summed E-state index contributed by atoms with van der Waals surface area (Å²) < 4.78 is 0. The third kappa shape index (κ3) is 14.8. The number of hydrogen-bond donors (Lipinski definition) is 12. The lowest BCUT2D eigenvalue weighted by molar-refractivity contribution is -0.144. The molecule has 7 atom stereocenters. The number of carboxylic acid groups (broad SMARTS) is 3. The quantitative estimate of drug-likeness (QED) is 0.0551. The fourth-order valence-corrected chi connectivity index (χ4v) is 3.49. The summed E-state index contributed by atoms with van der Waals surface area (Å²) in [6.07, 6.45) is -4.18. The number of hydrogen-bond acceptors (Lipinski definition) is 12. The Labute approximate surface area is 257 Å². The van der Waals surface area contributed by atoms with E-state index < -0.39 is 129 Å². The second-order valence-electron chi connectivity index (χ2n) is 10.3. The van der Waals surface area contributed by atoms with Gasteiger partial charge < -0.3 is 63.0 Å². The SMILES string of the molecule is CC(C)[C@H](N)C(=O)N[C@@H](CO)C(=O)N[C@@H](CCC(=O)O)C(=O)N[C@H](C(=O)N[C@@H](CCC(=O)O)C(=O)N[C@@H](CO)C(=O)O)[C@@H](C)O. The highest BCUT2D eigenvalue weighted by molar-refractivity contribution is 5.96. The molecule has 0 unspecified atom stereocenters. The fourth-order valence-electron chi connectivity index (χ4n) is 3.49. The minimum Gasteiger partial charge on any atom is -0.481 e. The molecule has 20 nitrogen and oxygen atoms in total. The maximum Gasteiger partial charge on any atom is 0.328 e. The van der Waals surface area contributed by atoms with Crippen LogP contribution in [0.3, 0.4) is 0 Å². The standard InChI is InChI=1S/C25H42N6O14/c1-10(2)18(26)23(42)29-14(8-32)22(41)27-13(5-7-17(37)38)21(40)31-19(11(3)34)24(43)28-12(4-6-16(35)36)20(39)30-15(9-33)25(44)45/h10-15,18-19,32-34H,4-9,26H2,1-3H3,(H,27,41)(H,28,43)(H,29,42)(H,30,39)(H,31,40)(H,35,36)(H,37,38)(H,44,45)/t11-,12+,13+,14+,15+,18+,19+/m1/s1. The van der Waals surface area contributed by atoms with E-state index in [-0.39, 0.29) is 5.92 Å². The van der Waals surface area contributed by atoms with Crippen LogP contribution in [-0.2, 0) is 38.4 Å². The zero-order valence-corrected chi connectivity index (χ0v) is 24.9. The van der Waals surface area contributed by atoms with Crippen molar-refractivity contribution in [1.82, 2.24) is 26.6 Å². The molecule has 0 saturated heterocycles. The minimum atomic E-state index is -1.88. The van der Waals surface area contributed by atoms with Crippen molar-refractivity contribution in [2.24, 2.45) is 11.7 Å². The Balaban J connectivity index is 5.97. The van der Waals surface area contributed by atoms with E-state index in [0.717, 1.165) is 6.92 Å². The molecule has 0 spiro atoms. The topological polar surface area (TPSA) is 344 Å². The van der Waals surface area contributed by atoms with Gasteiger partial charge in [-0.3, -0.25) is 33.6 Å². The summed E-state index contributed by atoms with van der Waals surface area (Å²) in [6, 6.07) is -9.76. The number of nitrogens with one attached hydrogen (secondary N) is 5. The van der Waals surface area contributed by atoms with Crippen molar-refractivity contribution >= 4 is 47.4 Å². The van der Waals surface area contributed by atoms with Crippen molar-refractivity contribution in [1.29, 1.82) is 0 Å². The first-order valence-electron chi connectivity index (χ1n) is 13.7. The number of aliphatic carboxylic acids is 3. The van der Waals surface area contributed by atoms with Gasteiger partial charge in [-0.2, -0.15) is 0 Å². The summed E-state index contributed by atoms with van der Waals surface area (Å²) in [5, 5.41) is 66.6. The number of amides is 5. The molecule has 0 bridgehead atoms.